The van der Waals surface area contributed by atoms with Gasteiger partial charge < -0.3 is 28.8 Å². The summed E-state index contributed by atoms with van der Waals surface area (Å²) in [6, 6.07) is 25.3. The van der Waals surface area contributed by atoms with Crippen molar-refractivity contribution in [3.63, 3.8) is 0 Å². The van der Waals surface area contributed by atoms with Gasteiger partial charge in [0.15, 0.2) is 0 Å². The predicted molar refractivity (Wildman–Crippen MR) is 168 cm³/mol. The van der Waals surface area contributed by atoms with Gasteiger partial charge in [-0.2, -0.15) is 0 Å². The molecule has 0 radical (unpaired) electrons. The van der Waals surface area contributed by atoms with E-state index in [4.69, 9.17) is 23.7 Å². The first-order valence-electron chi connectivity index (χ1n) is 15.2. The summed E-state index contributed by atoms with van der Waals surface area (Å²) < 4.78 is 28.1. The highest BCUT2D eigenvalue weighted by atomic mass is 16.6. The molecule has 7 rings (SSSR count). The molecular weight excluding hydrogens is 572 g/mol. The number of rotatable bonds is 13. The molecule has 0 aromatic heterocycles. The number of hydrogen-bond donors (Lipinski definition) is 1. The molecule has 0 saturated carbocycles. The van der Waals surface area contributed by atoms with Gasteiger partial charge in [0.2, 0.25) is 0 Å². The van der Waals surface area contributed by atoms with Gasteiger partial charge in [-0.15, -0.1) is 0 Å². The molecule has 3 unspecified atom stereocenters. The van der Waals surface area contributed by atoms with Crippen LogP contribution in [0.5, 0.6) is 11.5 Å². The summed E-state index contributed by atoms with van der Waals surface area (Å²) in [5.74, 6) is -0.272. The van der Waals surface area contributed by atoms with Crippen molar-refractivity contribution in [2.24, 2.45) is 5.92 Å². The third-order valence-corrected chi connectivity index (χ3v) is 8.55. The largest absolute Gasteiger partial charge is 0.491 e. The topological polar surface area (TPSA) is 101 Å². The molecule has 0 aliphatic heterocycles. The van der Waals surface area contributed by atoms with E-state index in [9.17, 15) is 14.7 Å². The number of carbonyl (C=O) groups is 2. The van der Waals surface area contributed by atoms with Crippen molar-refractivity contribution in [2.75, 3.05) is 39.6 Å². The summed E-state index contributed by atoms with van der Waals surface area (Å²) >= 11 is 0. The fourth-order valence-corrected chi connectivity index (χ4v) is 6.54. The molecule has 8 heteroatoms. The molecule has 232 valence electrons. The summed E-state index contributed by atoms with van der Waals surface area (Å²) in [6.07, 6.45) is 1.60. The zero-order chi connectivity index (χ0) is 31.4. The number of hydrogen-bond acceptors (Lipinski definition) is 8. The Bertz CT molecular complexity index is 1730. The van der Waals surface area contributed by atoms with Crippen LogP contribution < -0.4 is 9.47 Å². The fourth-order valence-electron chi connectivity index (χ4n) is 6.54. The van der Waals surface area contributed by atoms with E-state index in [1.54, 1.807) is 0 Å². The molecule has 3 aliphatic carbocycles. The SMILES string of the molecule is C=CC(=O)OCCOCCOc1ccc(OCCOC(=O)C2CC3c4ccccc4C2(O)c2ccc(C)cc23)c2ccccc12. The highest BCUT2D eigenvalue weighted by Gasteiger charge is 2.56. The monoisotopic (exact) mass is 608 g/mol. The standard InChI is InChI=1S/C37H36O8/c1-3-35(38)44-19-17-41-16-18-42-33-14-15-34(27-10-5-4-9-26(27)33)43-20-21-45-36(39)32-23-28-25-8-6-7-11-30(25)37(32,40)31-13-12-24(2)22-29(28)31/h3-15,22,28,32,40H,1,16-21,23H2,2H3. The van der Waals surface area contributed by atoms with Gasteiger partial charge in [-0.05, 0) is 47.7 Å². The van der Waals surface area contributed by atoms with E-state index in [0.717, 1.165) is 44.7 Å². The van der Waals surface area contributed by atoms with Crippen molar-refractivity contribution in [1.82, 2.24) is 0 Å². The number of ether oxygens (including phenoxy) is 5. The normalized spacial score (nSPS) is 19.3. The molecule has 0 fully saturated rings. The van der Waals surface area contributed by atoms with E-state index in [2.05, 4.69) is 12.6 Å². The van der Waals surface area contributed by atoms with Crippen LogP contribution in [0, 0.1) is 12.8 Å². The molecule has 3 aliphatic rings. The van der Waals surface area contributed by atoms with Crippen molar-refractivity contribution >= 4 is 22.7 Å². The van der Waals surface area contributed by atoms with Crippen LogP contribution in [-0.2, 0) is 29.4 Å². The van der Waals surface area contributed by atoms with Gasteiger partial charge >= 0.3 is 11.9 Å². The van der Waals surface area contributed by atoms with Gasteiger partial charge in [-0.1, -0.05) is 78.9 Å². The molecule has 3 atom stereocenters. The van der Waals surface area contributed by atoms with E-state index in [0.29, 0.717) is 31.1 Å². The Morgan fingerprint density at radius 3 is 2.16 bits per heavy atom. The Kier molecular flexibility index (Phi) is 8.87. The molecular formula is C37H36O8. The minimum absolute atomic E-state index is 0.0274. The summed E-state index contributed by atoms with van der Waals surface area (Å²) in [7, 11) is 0. The molecule has 4 aromatic rings. The van der Waals surface area contributed by atoms with Crippen molar-refractivity contribution in [3.8, 4) is 11.5 Å². The van der Waals surface area contributed by atoms with Crippen LogP contribution in [-0.4, -0.2) is 56.7 Å². The maximum Gasteiger partial charge on any atom is 0.330 e. The molecule has 0 heterocycles. The average Bonchev–Trinajstić information content (AvgIpc) is 3.06. The van der Waals surface area contributed by atoms with E-state index in [1.165, 1.54) is 0 Å². The van der Waals surface area contributed by atoms with Crippen molar-refractivity contribution < 1.29 is 38.4 Å². The van der Waals surface area contributed by atoms with Crippen molar-refractivity contribution in [1.29, 1.82) is 0 Å². The summed E-state index contributed by atoms with van der Waals surface area (Å²) in [4.78, 5) is 24.6. The number of fused-ring (bicyclic) bond motifs is 2. The van der Waals surface area contributed by atoms with Gasteiger partial charge in [0.1, 0.15) is 43.5 Å². The number of esters is 2. The Balaban J connectivity index is 1.05. The smallest absolute Gasteiger partial charge is 0.330 e. The number of carbonyl (C=O) groups excluding carboxylic acids is 2. The van der Waals surface area contributed by atoms with Crippen LogP contribution in [0.2, 0.25) is 0 Å². The molecule has 1 N–H and O–H groups in total. The van der Waals surface area contributed by atoms with E-state index in [1.807, 2.05) is 79.7 Å². The second kappa shape index (κ2) is 13.1. The lowest BCUT2D eigenvalue weighted by Crippen LogP contribution is -2.50. The zero-order valence-electron chi connectivity index (χ0n) is 25.2. The van der Waals surface area contributed by atoms with Crippen LogP contribution in [0.15, 0.2) is 91.5 Å². The maximum absolute atomic E-state index is 13.5. The van der Waals surface area contributed by atoms with E-state index < -0.39 is 23.5 Å². The maximum atomic E-state index is 13.5. The Hall–Kier alpha value is -4.66. The number of aliphatic hydroxyl groups is 1. The molecule has 0 amide bonds. The van der Waals surface area contributed by atoms with Crippen LogP contribution in [0.3, 0.4) is 0 Å². The van der Waals surface area contributed by atoms with Crippen LogP contribution in [0.1, 0.15) is 40.2 Å². The molecule has 4 aromatic carbocycles. The molecule has 8 nitrogen and oxygen atoms in total. The lowest BCUT2D eigenvalue weighted by atomic mass is 9.56. The number of benzene rings is 4. The minimum atomic E-state index is -1.44. The Morgan fingerprint density at radius 2 is 1.42 bits per heavy atom. The number of aryl methyl sites for hydroxylation is 1. The second-order valence-electron chi connectivity index (χ2n) is 11.2. The summed E-state index contributed by atoms with van der Waals surface area (Å²) in [5.41, 5.74) is 3.41. The first-order chi connectivity index (χ1) is 21.9. The second-order valence-corrected chi connectivity index (χ2v) is 11.2. The van der Waals surface area contributed by atoms with E-state index >= 15 is 0 Å². The zero-order valence-corrected chi connectivity index (χ0v) is 25.2. The molecule has 45 heavy (non-hydrogen) atoms. The highest BCUT2D eigenvalue weighted by Crippen LogP contribution is 2.58. The van der Waals surface area contributed by atoms with Crippen LogP contribution in [0.4, 0.5) is 0 Å². The first kappa shape index (κ1) is 30.4. The van der Waals surface area contributed by atoms with Gasteiger partial charge in [0.05, 0.1) is 19.1 Å². The van der Waals surface area contributed by atoms with Gasteiger partial charge in [-0.3, -0.25) is 4.79 Å². The third kappa shape index (κ3) is 5.91. The Morgan fingerprint density at radius 1 is 0.800 bits per heavy atom. The van der Waals surface area contributed by atoms with Crippen LogP contribution in [0.25, 0.3) is 10.8 Å². The third-order valence-electron chi connectivity index (χ3n) is 8.55. The highest BCUT2D eigenvalue weighted by molar-refractivity contribution is 5.93. The lowest BCUT2D eigenvalue weighted by molar-refractivity contribution is -0.160. The van der Waals surface area contributed by atoms with Crippen molar-refractivity contribution in [2.45, 2.75) is 24.9 Å². The minimum Gasteiger partial charge on any atom is -0.491 e. The Labute approximate surface area is 262 Å². The van der Waals surface area contributed by atoms with Crippen molar-refractivity contribution in [3.05, 3.63) is 119 Å². The molecule has 2 bridgehead atoms. The van der Waals surface area contributed by atoms with Crippen LogP contribution >= 0.6 is 0 Å². The summed E-state index contributed by atoms with van der Waals surface area (Å²) in [6.45, 7) is 6.66. The lowest BCUT2D eigenvalue weighted by Gasteiger charge is -2.50. The fraction of sp³-hybridized carbons (Fsp3) is 0.297. The molecule has 0 saturated heterocycles. The van der Waals surface area contributed by atoms with Gasteiger partial charge in [0.25, 0.3) is 0 Å². The van der Waals surface area contributed by atoms with Gasteiger partial charge in [-0.25, -0.2) is 4.79 Å². The van der Waals surface area contributed by atoms with Gasteiger partial charge in [0, 0.05) is 22.8 Å². The van der Waals surface area contributed by atoms with E-state index in [-0.39, 0.29) is 32.3 Å². The predicted octanol–water partition coefficient (Wildman–Crippen LogP) is 5.60. The average molecular weight is 609 g/mol. The quantitative estimate of drug-likeness (QED) is 0.119. The summed E-state index contributed by atoms with van der Waals surface area (Å²) in [5, 5.41) is 13.9. The molecule has 0 spiro atoms. The first-order valence-corrected chi connectivity index (χ1v) is 15.2.